The minimum absolute atomic E-state index is 0.0785. The van der Waals surface area contributed by atoms with Gasteiger partial charge in [-0.2, -0.15) is 4.98 Å². The first-order valence-corrected chi connectivity index (χ1v) is 7.69. The summed E-state index contributed by atoms with van der Waals surface area (Å²) in [6.45, 7) is 0. The summed E-state index contributed by atoms with van der Waals surface area (Å²) in [5, 5.41) is 0.279. The van der Waals surface area contributed by atoms with Crippen molar-refractivity contribution in [3.05, 3.63) is 52.9 Å². The van der Waals surface area contributed by atoms with Crippen LogP contribution in [0, 0.1) is 0 Å². The molecule has 0 aliphatic heterocycles. The van der Waals surface area contributed by atoms with Crippen molar-refractivity contribution in [3.63, 3.8) is 0 Å². The first kappa shape index (κ1) is 13.7. The number of pyridine rings is 1. The molecule has 21 heavy (non-hydrogen) atoms. The van der Waals surface area contributed by atoms with E-state index in [-0.39, 0.29) is 10.3 Å². The Morgan fingerprint density at radius 1 is 1.14 bits per heavy atom. The Morgan fingerprint density at radius 2 is 1.90 bits per heavy atom. The van der Waals surface area contributed by atoms with E-state index in [2.05, 4.69) is 4.98 Å². The first-order valence-electron chi connectivity index (χ1n) is 6.25. The number of fused-ring (bicyclic) bond motifs is 3. The number of aromatic nitrogens is 2. The summed E-state index contributed by atoms with van der Waals surface area (Å²) >= 11 is 0. The number of hydrogen-bond donors (Lipinski definition) is 0. The van der Waals surface area contributed by atoms with Gasteiger partial charge in [-0.1, -0.05) is 6.07 Å². The molecule has 0 saturated carbocycles. The fourth-order valence-electron chi connectivity index (χ4n) is 2.16. The van der Waals surface area contributed by atoms with Crippen molar-refractivity contribution in [2.45, 2.75) is 4.90 Å². The number of sulfonamides is 1. The average Bonchev–Trinajstić information content (AvgIpc) is 2.47. The molecule has 0 atom stereocenters. The van der Waals surface area contributed by atoms with Crippen LogP contribution in [0.5, 0.6) is 0 Å². The van der Waals surface area contributed by atoms with E-state index in [0.29, 0.717) is 11.2 Å². The van der Waals surface area contributed by atoms with Gasteiger partial charge in [0.25, 0.3) is 5.56 Å². The van der Waals surface area contributed by atoms with Crippen LogP contribution in [0.2, 0.25) is 0 Å². The molecule has 0 bridgehead atoms. The Morgan fingerprint density at radius 3 is 2.62 bits per heavy atom. The third kappa shape index (κ3) is 2.10. The summed E-state index contributed by atoms with van der Waals surface area (Å²) in [5.74, 6) is 0. The Kier molecular flexibility index (Phi) is 3.03. The largest absolute Gasteiger partial charge is 0.301 e. The molecule has 0 aliphatic rings. The van der Waals surface area contributed by atoms with E-state index in [9.17, 15) is 13.2 Å². The third-order valence-electron chi connectivity index (χ3n) is 3.29. The van der Waals surface area contributed by atoms with Crippen LogP contribution in [-0.4, -0.2) is 36.2 Å². The van der Waals surface area contributed by atoms with Gasteiger partial charge in [0.1, 0.15) is 5.65 Å². The quantitative estimate of drug-likeness (QED) is 0.665. The van der Waals surface area contributed by atoms with Gasteiger partial charge in [0.05, 0.1) is 15.8 Å². The lowest BCUT2D eigenvalue weighted by Gasteiger charge is -2.12. The van der Waals surface area contributed by atoms with Crippen LogP contribution < -0.4 is 5.56 Å². The Hall–Kier alpha value is -2.25. The lowest BCUT2D eigenvalue weighted by Crippen LogP contribution is -2.22. The Balaban J connectivity index is 2.41. The van der Waals surface area contributed by atoms with Gasteiger partial charge < -0.3 is 4.40 Å². The number of nitrogens with zero attached hydrogens (tertiary/aromatic N) is 3. The Bertz CT molecular complexity index is 1010. The fourth-order valence-corrected chi connectivity index (χ4v) is 3.09. The smallest absolute Gasteiger partial charge is 0.281 e. The first-order chi connectivity index (χ1) is 9.91. The van der Waals surface area contributed by atoms with Crippen LogP contribution >= 0.6 is 0 Å². The summed E-state index contributed by atoms with van der Waals surface area (Å²) < 4.78 is 27.2. The van der Waals surface area contributed by atoms with E-state index < -0.39 is 15.6 Å². The molecule has 3 aromatic rings. The molecule has 0 spiro atoms. The van der Waals surface area contributed by atoms with Crippen molar-refractivity contribution in [1.82, 2.24) is 13.7 Å². The minimum Gasteiger partial charge on any atom is -0.301 e. The normalized spacial score (nSPS) is 12.3. The maximum absolute atomic E-state index is 12.1. The van der Waals surface area contributed by atoms with E-state index in [0.717, 1.165) is 4.31 Å². The Labute approximate surface area is 121 Å². The molecule has 108 valence electrons. The summed E-state index contributed by atoms with van der Waals surface area (Å²) in [6.07, 6.45) is 1.78. The van der Waals surface area contributed by atoms with Crippen molar-refractivity contribution in [2.24, 2.45) is 0 Å². The van der Waals surface area contributed by atoms with Crippen molar-refractivity contribution < 1.29 is 8.42 Å². The fraction of sp³-hybridized carbons (Fsp3) is 0.143. The molecule has 0 radical (unpaired) electrons. The van der Waals surface area contributed by atoms with Crippen LogP contribution in [0.3, 0.4) is 0 Å². The molecule has 2 heterocycles. The zero-order chi connectivity index (χ0) is 15.2. The monoisotopic (exact) mass is 303 g/mol. The second-order valence-corrected chi connectivity index (χ2v) is 6.96. The molecule has 3 rings (SSSR count). The molecule has 1 aromatic carbocycles. The highest BCUT2D eigenvalue weighted by atomic mass is 32.2. The maximum Gasteiger partial charge on any atom is 0.281 e. The maximum atomic E-state index is 12.1. The van der Waals surface area contributed by atoms with E-state index >= 15 is 0 Å². The highest BCUT2D eigenvalue weighted by molar-refractivity contribution is 7.89. The molecule has 0 fully saturated rings. The van der Waals surface area contributed by atoms with Crippen LogP contribution in [-0.2, 0) is 10.0 Å². The molecule has 7 heteroatoms. The van der Waals surface area contributed by atoms with E-state index in [1.165, 1.54) is 26.2 Å². The van der Waals surface area contributed by atoms with Gasteiger partial charge >= 0.3 is 0 Å². The second-order valence-electron chi connectivity index (χ2n) is 4.81. The molecule has 6 nitrogen and oxygen atoms in total. The molecular weight excluding hydrogens is 290 g/mol. The van der Waals surface area contributed by atoms with Gasteiger partial charge in [-0.25, -0.2) is 12.7 Å². The molecule has 0 amide bonds. The van der Waals surface area contributed by atoms with Gasteiger partial charge in [-0.15, -0.1) is 0 Å². The van der Waals surface area contributed by atoms with Crippen molar-refractivity contribution in [3.8, 4) is 0 Å². The summed E-state index contributed by atoms with van der Waals surface area (Å²) in [4.78, 5) is 16.2. The van der Waals surface area contributed by atoms with Crippen LogP contribution in [0.25, 0.3) is 16.6 Å². The van der Waals surface area contributed by atoms with Gasteiger partial charge in [0.15, 0.2) is 0 Å². The summed E-state index contributed by atoms with van der Waals surface area (Å²) in [5.41, 5.74) is 0.716. The third-order valence-corrected chi connectivity index (χ3v) is 5.10. The molecule has 0 N–H and O–H groups in total. The zero-order valence-corrected chi connectivity index (χ0v) is 12.3. The second kappa shape index (κ2) is 4.64. The lowest BCUT2D eigenvalue weighted by atomic mass is 10.2. The topological polar surface area (TPSA) is 71.8 Å². The highest BCUT2D eigenvalue weighted by Gasteiger charge is 2.18. The highest BCUT2D eigenvalue weighted by Crippen LogP contribution is 2.19. The van der Waals surface area contributed by atoms with Crippen molar-refractivity contribution in [2.75, 3.05) is 14.1 Å². The van der Waals surface area contributed by atoms with Gasteiger partial charge in [-0.3, -0.25) is 4.79 Å². The molecule has 0 aliphatic carbocycles. The number of benzene rings is 1. The minimum atomic E-state index is -3.58. The standard InChI is InChI=1S/C14H13N3O3S/c1-16(2)21(19,20)10-6-7-12-11(9-10)14(18)15-13-5-3-4-8-17(12)13/h3-9H,1-2H3. The molecule has 2 aromatic heterocycles. The number of rotatable bonds is 2. The predicted molar refractivity (Wildman–Crippen MR) is 79.8 cm³/mol. The van der Waals surface area contributed by atoms with E-state index in [1.54, 1.807) is 28.8 Å². The zero-order valence-electron chi connectivity index (χ0n) is 11.5. The van der Waals surface area contributed by atoms with E-state index in [4.69, 9.17) is 0 Å². The van der Waals surface area contributed by atoms with Crippen LogP contribution in [0.1, 0.15) is 0 Å². The van der Waals surface area contributed by atoms with Crippen molar-refractivity contribution in [1.29, 1.82) is 0 Å². The van der Waals surface area contributed by atoms with Crippen LogP contribution in [0.15, 0.2) is 52.3 Å². The summed E-state index contributed by atoms with van der Waals surface area (Å²) in [7, 11) is -0.682. The SMILES string of the molecule is CN(C)S(=O)(=O)c1ccc2c(c1)c(=O)nc1ccccn12. The predicted octanol–water partition coefficient (Wildman–Crippen LogP) is 1.10. The average molecular weight is 303 g/mol. The molecule has 0 unspecified atom stereocenters. The lowest BCUT2D eigenvalue weighted by molar-refractivity contribution is 0.521. The van der Waals surface area contributed by atoms with Gasteiger partial charge in [-0.05, 0) is 30.3 Å². The molecule has 0 saturated heterocycles. The van der Waals surface area contributed by atoms with Crippen molar-refractivity contribution >= 4 is 26.6 Å². The molecular formula is C14H13N3O3S. The van der Waals surface area contributed by atoms with Gasteiger partial charge in [0, 0.05) is 20.3 Å². The van der Waals surface area contributed by atoms with Crippen LogP contribution in [0.4, 0.5) is 0 Å². The van der Waals surface area contributed by atoms with E-state index in [1.807, 2.05) is 6.07 Å². The van der Waals surface area contributed by atoms with Gasteiger partial charge in [0.2, 0.25) is 10.0 Å². The number of hydrogen-bond acceptors (Lipinski definition) is 4. The summed E-state index contributed by atoms with van der Waals surface area (Å²) in [6, 6.07) is 9.84.